The first kappa shape index (κ1) is 23.2. The highest BCUT2D eigenvalue weighted by molar-refractivity contribution is 7.91. The fourth-order valence-electron chi connectivity index (χ4n) is 3.63. The molecule has 0 aromatic heterocycles. The van der Waals surface area contributed by atoms with E-state index in [0.29, 0.717) is 52.1 Å². The summed E-state index contributed by atoms with van der Waals surface area (Å²) in [5, 5.41) is 9.54. The number of nitrogens with zero attached hydrogens (tertiary/aromatic N) is 3. The Morgan fingerprint density at radius 2 is 1.97 bits per heavy atom. The topological polar surface area (TPSA) is 117 Å². The van der Waals surface area contributed by atoms with Crippen LogP contribution in [0.25, 0.3) is 0 Å². The Labute approximate surface area is 172 Å². The van der Waals surface area contributed by atoms with E-state index >= 15 is 0 Å². The molecule has 2 aliphatic heterocycles. The van der Waals surface area contributed by atoms with E-state index in [1.165, 1.54) is 13.3 Å². The van der Waals surface area contributed by atoms with Crippen molar-refractivity contribution in [3.8, 4) is 6.07 Å². The molecule has 0 saturated carbocycles. The van der Waals surface area contributed by atoms with E-state index < -0.39 is 15.7 Å². The second-order valence-electron chi connectivity index (χ2n) is 7.26. The van der Waals surface area contributed by atoms with E-state index in [9.17, 15) is 23.3 Å². The van der Waals surface area contributed by atoms with Crippen molar-refractivity contribution in [2.45, 2.75) is 32.2 Å². The third kappa shape index (κ3) is 6.44. The molecule has 0 aliphatic carbocycles. The Morgan fingerprint density at radius 3 is 2.48 bits per heavy atom. The van der Waals surface area contributed by atoms with Crippen molar-refractivity contribution in [1.82, 2.24) is 9.80 Å². The first-order chi connectivity index (χ1) is 13.8. The molecule has 2 fully saturated rings. The standard InChI is InChI=1S/C19H29N3O6S/c1-3-28-19(24)15-4-7-21(8-5-15)18(23)16(12-20)13-22(9-10-27-2)17-6-11-29(25,26)14-17/h13,15,17H,3-11,14H2,1-2H3/b16-13-. The van der Waals surface area contributed by atoms with Gasteiger partial charge in [0.2, 0.25) is 0 Å². The number of likely N-dealkylation sites (tertiary alicyclic amines) is 1. The van der Waals surface area contributed by atoms with E-state index in [0.717, 1.165) is 0 Å². The van der Waals surface area contributed by atoms with Crippen LogP contribution in [0, 0.1) is 17.2 Å². The van der Waals surface area contributed by atoms with Crippen molar-refractivity contribution >= 4 is 21.7 Å². The number of hydrogen-bond acceptors (Lipinski definition) is 8. The maximum Gasteiger partial charge on any atom is 0.309 e. The van der Waals surface area contributed by atoms with Crippen LogP contribution in [0.5, 0.6) is 0 Å². The average molecular weight is 428 g/mol. The van der Waals surface area contributed by atoms with Gasteiger partial charge in [-0.3, -0.25) is 9.59 Å². The van der Waals surface area contributed by atoms with Crippen molar-refractivity contribution < 1.29 is 27.5 Å². The highest BCUT2D eigenvalue weighted by atomic mass is 32.2. The van der Waals surface area contributed by atoms with Crippen LogP contribution in [-0.4, -0.2) is 87.6 Å². The molecule has 1 atom stereocenters. The van der Waals surface area contributed by atoms with Crippen molar-refractivity contribution in [3.63, 3.8) is 0 Å². The molecule has 1 amide bonds. The largest absolute Gasteiger partial charge is 0.466 e. The number of hydrogen-bond donors (Lipinski definition) is 0. The summed E-state index contributed by atoms with van der Waals surface area (Å²) in [6.07, 6.45) is 2.92. The quantitative estimate of drug-likeness (QED) is 0.309. The summed E-state index contributed by atoms with van der Waals surface area (Å²) in [6.45, 7) is 3.57. The average Bonchev–Trinajstić information content (AvgIpc) is 3.07. The molecule has 29 heavy (non-hydrogen) atoms. The minimum atomic E-state index is -3.10. The van der Waals surface area contributed by atoms with Crippen LogP contribution in [-0.2, 0) is 28.9 Å². The number of rotatable bonds is 8. The van der Waals surface area contributed by atoms with E-state index in [-0.39, 0.29) is 35.0 Å². The van der Waals surface area contributed by atoms with Gasteiger partial charge in [0.25, 0.3) is 5.91 Å². The maximum atomic E-state index is 12.8. The SMILES string of the molecule is CCOC(=O)C1CCN(C(=O)/C(C#N)=C\N(CCOC)C2CCS(=O)(=O)C2)CC1. The second kappa shape index (κ2) is 10.6. The smallest absolute Gasteiger partial charge is 0.309 e. The summed E-state index contributed by atoms with van der Waals surface area (Å²) in [6, 6.07) is 1.67. The van der Waals surface area contributed by atoms with E-state index in [1.807, 2.05) is 6.07 Å². The zero-order valence-electron chi connectivity index (χ0n) is 17.0. The molecule has 0 spiro atoms. The molecule has 0 radical (unpaired) electrons. The zero-order valence-corrected chi connectivity index (χ0v) is 17.8. The van der Waals surface area contributed by atoms with E-state index in [4.69, 9.17) is 9.47 Å². The van der Waals surface area contributed by atoms with Gasteiger partial charge in [0.15, 0.2) is 9.84 Å². The molecular weight excluding hydrogens is 398 g/mol. The normalized spacial score (nSPS) is 22.2. The fourth-order valence-corrected chi connectivity index (χ4v) is 5.37. The Balaban J connectivity index is 2.07. The first-order valence-electron chi connectivity index (χ1n) is 9.84. The van der Waals surface area contributed by atoms with Crippen LogP contribution in [0.4, 0.5) is 0 Å². The van der Waals surface area contributed by atoms with Gasteiger partial charge in [-0.05, 0) is 26.2 Å². The fraction of sp³-hybridized carbons (Fsp3) is 0.737. The van der Waals surface area contributed by atoms with Crippen LogP contribution < -0.4 is 0 Å². The second-order valence-corrected chi connectivity index (χ2v) is 9.49. The van der Waals surface area contributed by atoms with Crippen LogP contribution in [0.2, 0.25) is 0 Å². The molecule has 2 rings (SSSR count). The summed E-state index contributed by atoms with van der Waals surface area (Å²) < 4.78 is 33.8. The molecular formula is C19H29N3O6S. The minimum absolute atomic E-state index is 0.00501. The number of esters is 1. The van der Waals surface area contributed by atoms with Crippen LogP contribution in [0.3, 0.4) is 0 Å². The summed E-state index contributed by atoms with van der Waals surface area (Å²) in [5.74, 6) is -0.769. The monoisotopic (exact) mass is 427 g/mol. The van der Waals surface area contributed by atoms with Crippen molar-refractivity contribution in [2.24, 2.45) is 5.92 Å². The zero-order chi connectivity index (χ0) is 21.4. The molecule has 162 valence electrons. The molecule has 0 aromatic carbocycles. The lowest BCUT2D eigenvalue weighted by Crippen LogP contribution is -2.42. The number of ether oxygens (including phenoxy) is 2. The van der Waals surface area contributed by atoms with Gasteiger partial charge in [-0.2, -0.15) is 5.26 Å². The molecule has 0 bridgehead atoms. The Kier molecular flexibility index (Phi) is 8.46. The van der Waals surface area contributed by atoms with Crippen molar-refractivity contribution in [3.05, 3.63) is 11.8 Å². The summed E-state index contributed by atoms with van der Waals surface area (Å²) in [4.78, 5) is 28.0. The molecule has 2 aliphatic rings. The minimum Gasteiger partial charge on any atom is -0.466 e. The van der Waals surface area contributed by atoms with Crippen molar-refractivity contribution in [1.29, 1.82) is 5.26 Å². The molecule has 1 unspecified atom stereocenters. The highest BCUT2D eigenvalue weighted by Gasteiger charge is 2.33. The predicted molar refractivity (Wildman–Crippen MR) is 105 cm³/mol. The molecule has 0 N–H and O–H groups in total. The van der Waals surface area contributed by atoms with Gasteiger partial charge < -0.3 is 19.3 Å². The highest BCUT2D eigenvalue weighted by Crippen LogP contribution is 2.22. The molecule has 0 aromatic rings. The summed E-state index contributed by atoms with van der Waals surface area (Å²) in [5.41, 5.74) is -0.0417. The van der Waals surface area contributed by atoms with Crippen LogP contribution in [0.15, 0.2) is 11.8 Å². The predicted octanol–water partition coefficient (Wildman–Crippen LogP) is 0.331. The Hall–Kier alpha value is -2.12. The first-order valence-corrected chi connectivity index (χ1v) is 11.7. The number of sulfone groups is 1. The lowest BCUT2D eigenvalue weighted by Gasteiger charge is -2.31. The number of carbonyl (C=O) groups excluding carboxylic acids is 2. The third-order valence-electron chi connectivity index (χ3n) is 5.28. The van der Waals surface area contributed by atoms with Gasteiger partial charge in [0, 0.05) is 39.0 Å². The summed E-state index contributed by atoms with van der Waals surface area (Å²) >= 11 is 0. The van der Waals surface area contributed by atoms with E-state index in [1.54, 1.807) is 16.7 Å². The number of amides is 1. The van der Waals surface area contributed by atoms with Gasteiger partial charge in [-0.25, -0.2) is 8.42 Å². The van der Waals surface area contributed by atoms with Gasteiger partial charge in [0.05, 0.1) is 30.6 Å². The van der Waals surface area contributed by atoms with Crippen LogP contribution >= 0.6 is 0 Å². The molecule has 2 heterocycles. The van der Waals surface area contributed by atoms with Crippen molar-refractivity contribution in [2.75, 3.05) is 51.5 Å². The number of piperidine rings is 1. The maximum absolute atomic E-state index is 12.8. The molecule has 9 nitrogen and oxygen atoms in total. The number of methoxy groups -OCH3 is 1. The molecule has 2 saturated heterocycles. The molecule has 10 heteroatoms. The summed E-state index contributed by atoms with van der Waals surface area (Å²) in [7, 11) is -1.56. The van der Waals surface area contributed by atoms with Gasteiger partial charge in [0.1, 0.15) is 11.6 Å². The Bertz CT molecular complexity index is 765. The van der Waals surface area contributed by atoms with Gasteiger partial charge >= 0.3 is 5.97 Å². The lowest BCUT2D eigenvalue weighted by atomic mass is 9.96. The van der Waals surface area contributed by atoms with Gasteiger partial charge in [-0.15, -0.1) is 0 Å². The number of carbonyl (C=O) groups is 2. The Morgan fingerprint density at radius 1 is 1.28 bits per heavy atom. The van der Waals surface area contributed by atoms with Gasteiger partial charge in [-0.1, -0.05) is 0 Å². The lowest BCUT2D eigenvalue weighted by molar-refractivity contribution is -0.150. The number of nitriles is 1. The van der Waals surface area contributed by atoms with Crippen LogP contribution in [0.1, 0.15) is 26.2 Å². The third-order valence-corrected chi connectivity index (χ3v) is 7.03. The van der Waals surface area contributed by atoms with E-state index in [2.05, 4.69) is 0 Å².